The van der Waals surface area contributed by atoms with Gasteiger partial charge in [0.15, 0.2) is 0 Å². The van der Waals surface area contributed by atoms with E-state index in [1.807, 2.05) is 24.3 Å². The summed E-state index contributed by atoms with van der Waals surface area (Å²) in [5, 5.41) is 8.37. The normalized spacial score (nSPS) is 10.8. The van der Waals surface area contributed by atoms with Crippen LogP contribution < -0.4 is 33.8 Å². The molecule has 0 saturated carbocycles. The molecule has 0 aliphatic rings. The first kappa shape index (κ1) is 16.9. The SMILES string of the molecule is Nc1ccc(/N=N/c2cccc(NNc3ccc(N)cc3N)c2)c(N)c1. The van der Waals surface area contributed by atoms with E-state index in [1.54, 1.807) is 36.4 Å². The zero-order chi connectivity index (χ0) is 18.5. The molecular formula is C18H20N8. The van der Waals surface area contributed by atoms with E-state index >= 15 is 0 Å². The molecule has 3 aromatic rings. The van der Waals surface area contributed by atoms with Crippen LogP contribution in [0.25, 0.3) is 0 Å². The first-order valence-electron chi connectivity index (χ1n) is 7.85. The molecule has 3 aromatic carbocycles. The summed E-state index contributed by atoms with van der Waals surface area (Å²) < 4.78 is 0. The molecule has 0 radical (unpaired) electrons. The fraction of sp³-hybridized carbons (Fsp3) is 0. The van der Waals surface area contributed by atoms with Crippen LogP contribution in [0.4, 0.5) is 45.5 Å². The summed E-state index contributed by atoms with van der Waals surface area (Å²) in [5.74, 6) is 0. The largest absolute Gasteiger partial charge is 0.399 e. The van der Waals surface area contributed by atoms with Crippen molar-refractivity contribution < 1.29 is 0 Å². The smallest absolute Gasteiger partial charge is 0.109 e. The lowest BCUT2D eigenvalue weighted by Crippen LogP contribution is -2.10. The van der Waals surface area contributed by atoms with Gasteiger partial charge in [0, 0.05) is 11.4 Å². The molecule has 3 rings (SSSR count). The Morgan fingerprint density at radius 3 is 2.12 bits per heavy atom. The van der Waals surface area contributed by atoms with Gasteiger partial charge >= 0.3 is 0 Å². The number of benzene rings is 3. The van der Waals surface area contributed by atoms with Crippen LogP contribution in [0.5, 0.6) is 0 Å². The highest BCUT2D eigenvalue weighted by molar-refractivity contribution is 5.72. The van der Waals surface area contributed by atoms with Crippen molar-refractivity contribution in [2.24, 2.45) is 10.2 Å². The average Bonchev–Trinajstić information content (AvgIpc) is 2.61. The van der Waals surface area contributed by atoms with Gasteiger partial charge in [0.05, 0.1) is 28.4 Å². The molecule has 0 atom stereocenters. The molecule has 0 fully saturated rings. The Balaban J connectivity index is 1.70. The second-order valence-electron chi connectivity index (χ2n) is 5.67. The molecule has 0 unspecified atom stereocenters. The Labute approximate surface area is 150 Å². The number of rotatable bonds is 5. The lowest BCUT2D eigenvalue weighted by molar-refractivity contribution is 1.23. The van der Waals surface area contributed by atoms with E-state index in [2.05, 4.69) is 21.1 Å². The number of anilines is 6. The van der Waals surface area contributed by atoms with Crippen LogP contribution >= 0.6 is 0 Å². The molecule has 26 heavy (non-hydrogen) atoms. The Morgan fingerprint density at radius 2 is 1.38 bits per heavy atom. The van der Waals surface area contributed by atoms with Crippen LogP contribution in [0.1, 0.15) is 0 Å². The fourth-order valence-electron chi connectivity index (χ4n) is 2.26. The van der Waals surface area contributed by atoms with E-state index in [9.17, 15) is 0 Å². The molecule has 8 nitrogen and oxygen atoms in total. The number of hydrogen-bond donors (Lipinski definition) is 6. The Hall–Kier alpha value is -3.94. The molecule has 0 saturated heterocycles. The highest BCUT2D eigenvalue weighted by Gasteiger charge is 2.01. The number of nitrogen functional groups attached to an aromatic ring is 4. The molecule has 132 valence electrons. The van der Waals surface area contributed by atoms with Crippen LogP contribution in [0.3, 0.4) is 0 Å². The van der Waals surface area contributed by atoms with Crippen molar-refractivity contribution >= 4 is 45.5 Å². The Bertz CT molecular complexity index is 952. The van der Waals surface area contributed by atoms with E-state index in [0.717, 1.165) is 11.4 Å². The first-order chi connectivity index (χ1) is 12.5. The lowest BCUT2D eigenvalue weighted by atomic mass is 10.2. The van der Waals surface area contributed by atoms with Crippen molar-refractivity contribution in [3.05, 3.63) is 60.7 Å². The quantitative estimate of drug-likeness (QED) is 0.234. The van der Waals surface area contributed by atoms with Crippen LogP contribution in [0, 0.1) is 0 Å². The number of nitrogens with zero attached hydrogens (tertiary/aromatic N) is 2. The maximum Gasteiger partial charge on any atom is 0.109 e. The predicted octanol–water partition coefficient (Wildman–Crippen LogP) is 3.87. The van der Waals surface area contributed by atoms with Crippen LogP contribution in [0.15, 0.2) is 70.9 Å². The summed E-state index contributed by atoms with van der Waals surface area (Å²) in [6, 6.07) is 17.8. The maximum absolute atomic E-state index is 5.92. The third-order valence-corrected chi connectivity index (χ3v) is 3.59. The van der Waals surface area contributed by atoms with Gasteiger partial charge in [-0.2, -0.15) is 5.11 Å². The minimum atomic E-state index is 0.475. The molecule has 0 heterocycles. The van der Waals surface area contributed by atoms with Gasteiger partial charge < -0.3 is 28.4 Å². The standard InChI is InChI=1S/C18H20N8/c19-11-4-6-17(15(21)8-11)25-23-13-2-1-3-14(10-13)24-26-18-7-5-12(20)9-16(18)22/h1-10,23,25H,19-22H2/b26-24+. The molecule has 0 aliphatic carbocycles. The number of nitrogens with two attached hydrogens (primary N) is 4. The highest BCUT2D eigenvalue weighted by atomic mass is 15.4. The Morgan fingerprint density at radius 1 is 0.654 bits per heavy atom. The molecule has 8 heteroatoms. The maximum atomic E-state index is 5.92. The second kappa shape index (κ2) is 7.31. The van der Waals surface area contributed by atoms with Crippen molar-refractivity contribution in [3.8, 4) is 0 Å². The topological polar surface area (TPSA) is 153 Å². The number of nitrogens with one attached hydrogen (secondary N) is 2. The van der Waals surface area contributed by atoms with E-state index < -0.39 is 0 Å². The first-order valence-corrected chi connectivity index (χ1v) is 7.85. The fourth-order valence-corrected chi connectivity index (χ4v) is 2.26. The molecule has 0 aliphatic heterocycles. The third kappa shape index (κ3) is 4.12. The lowest BCUT2D eigenvalue weighted by Gasteiger charge is -2.12. The van der Waals surface area contributed by atoms with Crippen molar-refractivity contribution in [2.75, 3.05) is 33.8 Å². The molecule has 0 aromatic heterocycles. The van der Waals surface area contributed by atoms with Crippen molar-refractivity contribution in [3.63, 3.8) is 0 Å². The summed E-state index contributed by atoms with van der Waals surface area (Å²) in [6.07, 6.45) is 0. The van der Waals surface area contributed by atoms with Crippen LogP contribution in [-0.2, 0) is 0 Å². The summed E-state index contributed by atoms with van der Waals surface area (Å²) in [7, 11) is 0. The van der Waals surface area contributed by atoms with Gasteiger partial charge in [0.1, 0.15) is 5.69 Å². The monoisotopic (exact) mass is 348 g/mol. The minimum Gasteiger partial charge on any atom is -0.399 e. The van der Waals surface area contributed by atoms with Crippen LogP contribution in [-0.4, -0.2) is 0 Å². The Kier molecular flexibility index (Phi) is 4.75. The van der Waals surface area contributed by atoms with Gasteiger partial charge in [-0.05, 0) is 54.6 Å². The molecule has 0 bridgehead atoms. The van der Waals surface area contributed by atoms with Gasteiger partial charge in [0.2, 0.25) is 0 Å². The third-order valence-electron chi connectivity index (χ3n) is 3.59. The van der Waals surface area contributed by atoms with Gasteiger partial charge in [0.25, 0.3) is 0 Å². The zero-order valence-corrected chi connectivity index (χ0v) is 14.0. The summed E-state index contributed by atoms with van der Waals surface area (Å²) >= 11 is 0. The van der Waals surface area contributed by atoms with Crippen LogP contribution in [0.2, 0.25) is 0 Å². The van der Waals surface area contributed by atoms with E-state index in [-0.39, 0.29) is 0 Å². The van der Waals surface area contributed by atoms with E-state index in [0.29, 0.717) is 34.1 Å². The van der Waals surface area contributed by atoms with Gasteiger partial charge in [-0.3, -0.25) is 5.43 Å². The van der Waals surface area contributed by atoms with Crippen molar-refractivity contribution in [1.29, 1.82) is 0 Å². The predicted molar refractivity (Wildman–Crippen MR) is 108 cm³/mol. The minimum absolute atomic E-state index is 0.475. The van der Waals surface area contributed by atoms with Gasteiger partial charge in [-0.25, -0.2) is 0 Å². The number of hydrazine groups is 1. The summed E-state index contributed by atoms with van der Waals surface area (Å²) in [5.41, 5.74) is 34.2. The van der Waals surface area contributed by atoms with E-state index in [4.69, 9.17) is 22.9 Å². The van der Waals surface area contributed by atoms with E-state index in [1.165, 1.54) is 0 Å². The molecule has 10 N–H and O–H groups in total. The molecule has 0 spiro atoms. The average molecular weight is 348 g/mol. The number of hydrogen-bond acceptors (Lipinski definition) is 8. The highest BCUT2D eigenvalue weighted by Crippen LogP contribution is 2.27. The zero-order valence-electron chi connectivity index (χ0n) is 14.0. The van der Waals surface area contributed by atoms with Gasteiger partial charge in [-0.1, -0.05) is 6.07 Å². The molecule has 0 amide bonds. The summed E-state index contributed by atoms with van der Waals surface area (Å²) in [6.45, 7) is 0. The molecular weight excluding hydrogens is 328 g/mol. The van der Waals surface area contributed by atoms with Crippen molar-refractivity contribution in [1.82, 2.24) is 0 Å². The second-order valence-corrected chi connectivity index (χ2v) is 5.67. The number of azo groups is 1. The summed E-state index contributed by atoms with van der Waals surface area (Å²) in [4.78, 5) is 0. The van der Waals surface area contributed by atoms with Crippen molar-refractivity contribution in [2.45, 2.75) is 0 Å². The van der Waals surface area contributed by atoms with Gasteiger partial charge in [-0.15, -0.1) is 5.11 Å².